The van der Waals surface area contributed by atoms with Gasteiger partial charge in [-0.2, -0.15) is 0 Å². The molecule has 0 atom stereocenters. The van der Waals surface area contributed by atoms with E-state index in [9.17, 15) is 23.3 Å². The van der Waals surface area contributed by atoms with Crippen LogP contribution in [0.25, 0.3) is 10.2 Å². The Bertz CT molecular complexity index is 1040. The number of sulfone groups is 1. The monoisotopic (exact) mass is 382 g/mol. The van der Waals surface area contributed by atoms with E-state index in [1.54, 1.807) is 12.1 Å². The minimum Gasteiger partial charge on any atom is -0.466 e. The number of rotatable bonds is 6. The van der Waals surface area contributed by atoms with Gasteiger partial charge in [-0.1, -0.05) is 0 Å². The summed E-state index contributed by atoms with van der Waals surface area (Å²) in [6.07, 6.45) is 1.40. The summed E-state index contributed by atoms with van der Waals surface area (Å²) < 4.78 is 34.4. The molecule has 3 aromatic rings. The van der Waals surface area contributed by atoms with Gasteiger partial charge in [0.25, 0.3) is 5.69 Å². The molecule has 25 heavy (non-hydrogen) atoms. The average molecular weight is 382 g/mol. The zero-order valence-electron chi connectivity index (χ0n) is 12.4. The summed E-state index contributed by atoms with van der Waals surface area (Å²) in [6, 6.07) is 7.03. The molecule has 3 rings (SSSR count). The number of esters is 1. The molecule has 0 aliphatic heterocycles. The highest BCUT2D eigenvalue weighted by atomic mass is 32.2. The standard InChI is InChI=1S/C14H10N2O7S2/c17-13(23-7-10-2-1-5-22-10)8-25(20,21)14-15-11-4-3-9(16(18)19)6-12(11)24-14/h1-6H,7-8H2. The predicted molar refractivity (Wildman–Crippen MR) is 86.8 cm³/mol. The number of fused-ring (bicyclic) bond motifs is 1. The third-order valence-electron chi connectivity index (χ3n) is 3.09. The Morgan fingerprint density at radius 3 is 2.84 bits per heavy atom. The fourth-order valence-corrected chi connectivity index (χ4v) is 4.38. The lowest BCUT2D eigenvalue weighted by atomic mass is 10.3. The Balaban J connectivity index is 1.76. The van der Waals surface area contributed by atoms with Crippen molar-refractivity contribution in [3.05, 3.63) is 52.5 Å². The summed E-state index contributed by atoms with van der Waals surface area (Å²) in [4.78, 5) is 25.8. The lowest BCUT2D eigenvalue weighted by molar-refractivity contribution is -0.384. The van der Waals surface area contributed by atoms with Gasteiger partial charge < -0.3 is 9.15 Å². The molecule has 1 aromatic carbocycles. The minimum absolute atomic E-state index is 0.169. The number of hydrogen-bond donors (Lipinski definition) is 0. The Morgan fingerprint density at radius 2 is 2.16 bits per heavy atom. The van der Waals surface area contributed by atoms with E-state index in [0.717, 1.165) is 11.3 Å². The molecule has 2 heterocycles. The number of ether oxygens (including phenoxy) is 1. The van der Waals surface area contributed by atoms with Crippen LogP contribution < -0.4 is 0 Å². The number of thiazole rings is 1. The Hall–Kier alpha value is -2.79. The van der Waals surface area contributed by atoms with Crippen molar-refractivity contribution in [1.82, 2.24) is 4.98 Å². The fourth-order valence-electron chi connectivity index (χ4n) is 1.94. The molecule has 9 nitrogen and oxygen atoms in total. The molecule has 0 fully saturated rings. The molecule has 0 bridgehead atoms. The number of nitro groups is 1. The molecule has 0 saturated carbocycles. The van der Waals surface area contributed by atoms with Crippen molar-refractivity contribution in [1.29, 1.82) is 0 Å². The summed E-state index contributed by atoms with van der Waals surface area (Å²) >= 11 is 0.764. The van der Waals surface area contributed by atoms with Gasteiger partial charge in [-0.25, -0.2) is 13.4 Å². The average Bonchev–Trinajstić information content (AvgIpc) is 3.21. The number of carbonyl (C=O) groups excluding carboxylic acids is 1. The lowest BCUT2D eigenvalue weighted by Crippen LogP contribution is -2.18. The number of aromatic nitrogens is 1. The molecule has 0 radical (unpaired) electrons. The van der Waals surface area contributed by atoms with E-state index in [2.05, 4.69) is 4.98 Å². The highest BCUT2D eigenvalue weighted by Crippen LogP contribution is 2.29. The van der Waals surface area contributed by atoms with Gasteiger partial charge in [0.05, 0.1) is 21.4 Å². The number of hydrogen-bond acceptors (Lipinski definition) is 9. The van der Waals surface area contributed by atoms with Gasteiger partial charge in [-0.15, -0.1) is 11.3 Å². The fraction of sp³-hybridized carbons (Fsp3) is 0.143. The zero-order valence-corrected chi connectivity index (χ0v) is 14.1. The van der Waals surface area contributed by atoms with Crippen LogP contribution in [0.2, 0.25) is 0 Å². The molecule has 0 N–H and O–H groups in total. The first-order valence-electron chi connectivity index (χ1n) is 6.81. The van der Waals surface area contributed by atoms with E-state index in [4.69, 9.17) is 9.15 Å². The third kappa shape index (κ3) is 3.83. The summed E-state index contributed by atoms with van der Waals surface area (Å²) in [5.41, 5.74) is 0.135. The van der Waals surface area contributed by atoms with Crippen molar-refractivity contribution < 1.29 is 27.3 Å². The van der Waals surface area contributed by atoms with Crippen LogP contribution in [-0.4, -0.2) is 30.0 Å². The topological polar surface area (TPSA) is 130 Å². The van der Waals surface area contributed by atoms with Crippen LogP contribution in [0.4, 0.5) is 5.69 Å². The van der Waals surface area contributed by atoms with Crippen molar-refractivity contribution in [3.63, 3.8) is 0 Å². The molecular formula is C14H10N2O7S2. The van der Waals surface area contributed by atoms with Gasteiger partial charge in [-0.05, 0) is 18.2 Å². The molecule has 0 saturated heterocycles. The molecular weight excluding hydrogens is 372 g/mol. The molecule has 0 aliphatic rings. The van der Waals surface area contributed by atoms with Gasteiger partial charge in [0, 0.05) is 12.1 Å². The number of benzene rings is 1. The second-order valence-corrected chi connectivity index (χ2v) is 8.08. The van der Waals surface area contributed by atoms with Crippen LogP contribution in [0, 0.1) is 10.1 Å². The number of nitrogens with zero attached hydrogens (tertiary/aromatic N) is 2. The largest absolute Gasteiger partial charge is 0.466 e. The number of non-ortho nitro benzene ring substituents is 1. The van der Waals surface area contributed by atoms with Gasteiger partial charge in [-0.3, -0.25) is 14.9 Å². The van der Waals surface area contributed by atoms with Crippen molar-refractivity contribution >= 4 is 43.0 Å². The summed E-state index contributed by atoms with van der Waals surface area (Å²) in [5, 5.41) is 10.8. The van der Waals surface area contributed by atoms with Crippen molar-refractivity contribution in [2.24, 2.45) is 0 Å². The maximum Gasteiger partial charge on any atom is 0.322 e. The first-order chi connectivity index (χ1) is 11.8. The second-order valence-electron chi connectivity index (χ2n) is 4.89. The molecule has 0 spiro atoms. The van der Waals surface area contributed by atoms with Crippen LogP contribution in [0.1, 0.15) is 5.76 Å². The Morgan fingerprint density at radius 1 is 1.36 bits per heavy atom. The summed E-state index contributed by atoms with van der Waals surface area (Å²) in [5.74, 6) is -1.44. The first kappa shape index (κ1) is 17.0. The van der Waals surface area contributed by atoms with Crippen LogP contribution in [-0.2, 0) is 26.0 Å². The van der Waals surface area contributed by atoms with Crippen LogP contribution >= 0.6 is 11.3 Å². The lowest BCUT2D eigenvalue weighted by Gasteiger charge is -2.02. The normalized spacial score (nSPS) is 11.5. The van der Waals surface area contributed by atoms with E-state index >= 15 is 0 Å². The van der Waals surface area contributed by atoms with Crippen molar-refractivity contribution in [2.45, 2.75) is 10.9 Å². The number of carbonyl (C=O) groups is 1. The molecule has 11 heteroatoms. The molecule has 0 unspecified atom stereocenters. The van der Waals surface area contributed by atoms with Crippen molar-refractivity contribution in [2.75, 3.05) is 5.75 Å². The van der Waals surface area contributed by atoms with Crippen molar-refractivity contribution in [3.8, 4) is 0 Å². The highest BCUT2D eigenvalue weighted by molar-refractivity contribution is 7.94. The van der Waals surface area contributed by atoms with E-state index in [0.29, 0.717) is 16.0 Å². The summed E-state index contributed by atoms with van der Waals surface area (Å²) in [7, 11) is -4.01. The Labute approximate surface area is 144 Å². The van der Waals surface area contributed by atoms with E-state index in [-0.39, 0.29) is 16.6 Å². The van der Waals surface area contributed by atoms with Crippen LogP contribution in [0.15, 0.2) is 45.4 Å². The maximum absolute atomic E-state index is 12.3. The molecule has 130 valence electrons. The summed E-state index contributed by atoms with van der Waals surface area (Å²) in [6.45, 7) is -0.173. The molecule has 2 aromatic heterocycles. The smallest absolute Gasteiger partial charge is 0.322 e. The number of nitro benzene ring substituents is 1. The molecule has 0 aliphatic carbocycles. The van der Waals surface area contributed by atoms with Gasteiger partial charge in [0.2, 0.25) is 14.2 Å². The number of furan rings is 1. The maximum atomic E-state index is 12.3. The predicted octanol–water partition coefficient (Wildman–Crippen LogP) is 2.31. The zero-order chi connectivity index (χ0) is 18.0. The SMILES string of the molecule is O=C(CS(=O)(=O)c1nc2ccc([N+](=O)[O-])cc2s1)OCc1ccco1. The van der Waals surface area contributed by atoms with Crippen LogP contribution in [0.5, 0.6) is 0 Å². The van der Waals surface area contributed by atoms with E-state index in [1.165, 1.54) is 24.5 Å². The van der Waals surface area contributed by atoms with Gasteiger partial charge in [0.1, 0.15) is 12.4 Å². The highest BCUT2D eigenvalue weighted by Gasteiger charge is 2.25. The van der Waals surface area contributed by atoms with Crippen LogP contribution in [0.3, 0.4) is 0 Å². The second kappa shape index (κ2) is 6.61. The molecule has 0 amide bonds. The quantitative estimate of drug-likeness (QED) is 0.361. The minimum atomic E-state index is -4.01. The first-order valence-corrected chi connectivity index (χ1v) is 9.28. The van der Waals surface area contributed by atoms with E-state index < -0.39 is 26.5 Å². The van der Waals surface area contributed by atoms with Gasteiger partial charge in [0.15, 0.2) is 5.75 Å². The van der Waals surface area contributed by atoms with E-state index in [1.807, 2.05) is 0 Å². The van der Waals surface area contributed by atoms with Gasteiger partial charge >= 0.3 is 5.97 Å². The Kier molecular flexibility index (Phi) is 4.51. The third-order valence-corrected chi connectivity index (χ3v) is 6.16.